The Morgan fingerprint density at radius 3 is 3.00 bits per heavy atom. The number of carbonyl (C=O) groups is 1. The summed E-state index contributed by atoms with van der Waals surface area (Å²) in [6.45, 7) is 0.159. The summed E-state index contributed by atoms with van der Waals surface area (Å²) in [6, 6.07) is 1.74. The highest BCUT2D eigenvalue weighted by Gasteiger charge is 2.02. The molecule has 3 nitrogen and oxygen atoms in total. The van der Waals surface area contributed by atoms with E-state index in [2.05, 4.69) is 4.74 Å². The van der Waals surface area contributed by atoms with Crippen LogP contribution in [0.25, 0.3) is 0 Å². The highest BCUT2D eigenvalue weighted by atomic mass is 35.5. The quantitative estimate of drug-likeness (QED) is 0.778. The van der Waals surface area contributed by atoms with Crippen LogP contribution in [0.4, 0.5) is 4.79 Å². The molecule has 0 unspecified atom stereocenters. The number of amides is 1. The van der Waals surface area contributed by atoms with Crippen molar-refractivity contribution in [1.82, 2.24) is 0 Å². The molecule has 5 heteroatoms. The molecular weight excluding hydrogens is 186 g/mol. The zero-order valence-electron chi connectivity index (χ0n) is 5.54. The molecule has 0 fully saturated rings. The first-order chi connectivity index (χ1) is 5.20. The van der Waals surface area contributed by atoms with E-state index < -0.39 is 6.09 Å². The van der Waals surface area contributed by atoms with Crippen LogP contribution in [0.2, 0.25) is 5.02 Å². The molecule has 0 aliphatic heterocycles. The first-order valence-corrected chi connectivity index (χ1v) is 4.10. The summed E-state index contributed by atoms with van der Waals surface area (Å²) in [5, 5.41) is 2.43. The molecule has 0 spiro atoms. The monoisotopic (exact) mass is 191 g/mol. The molecule has 60 valence electrons. The fourth-order valence-corrected chi connectivity index (χ4v) is 1.57. The molecule has 1 heterocycles. The van der Waals surface area contributed by atoms with E-state index in [9.17, 15) is 4.79 Å². The molecule has 0 saturated heterocycles. The third kappa shape index (κ3) is 2.40. The average molecular weight is 192 g/mol. The summed E-state index contributed by atoms with van der Waals surface area (Å²) in [7, 11) is 0. The first-order valence-electron chi connectivity index (χ1n) is 2.84. The van der Waals surface area contributed by atoms with Crippen molar-refractivity contribution in [3.63, 3.8) is 0 Å². The van der Waals surface area contributed by atoms with Crippen LogP contribution >= 0.6 is 22.9 Å². The number of carbonyl (C=O) groups excluding carboxylic acids is 1. The summed E-state index contributed by atoms with van der Waals surface area (Å²) in [5.41, 5.74) is 4.76. The van der Waals surface area contributed by atoms with Gasteiger partial charge in [-0.15, -0.1) is 11.3 Å². The molecule has 0 aromatic carbocycles. The van der Waals surface area contributed by atoms with Gasteiger partial charge < -0.3 is 10.5 Å². The molecule has 11 heavy (non-hydrogen) atoms. The van der Waals surface area contributed by atoms with Gasteiger partial charge in [-0.1, -0.05) is 11.6 Å². The lowest BCUT2D eigenvalue weighted by Gasteiger charge is -1.97. The van der Waals surface area contributed by atoms with E-state index in [1.807, 2.05) is 5.38 Å². The van der Waals surface area contributed by atoms with Gasteiger partial charge in [-0.25, -0.2) is 4.79 Å². The molecular formula is C6H6ClNO2S. The van der Waals surface area contributed by atoms with Gasteiger partial charge in [0, 0.05) is 0 Å². The normalized spacial score (nSPS) is 9.55. The second kappa shape index (κ2) is 3.59. The van der Waals surface area contributed by atoms with Crippen molar-refractivity contribution in [2.75, 3.05) is 0 Å². The van der Waals surface area contributed by atoms with Gasteiger partial charge in [0.2, 0.25) is 0 Å². The fourth-order valence-electron chi connectivity index (χ4n) is 0.565. The van der Waals surface area contributed by atoms with E-state index in [1.54, 1.807) is 6.07 Å². The Hall–Kier alpha value is -0.740. The SMILES string of the molecule is NC(=O)OCc1sccc1Cl. The van der Waals surface area contributed by atoms with Crippen LogP contribution in [0, 0.1) is 0 Å². The third-order valence-electron chi connectivity index (χ3n) is 1.04. The summed E-state index contributed by atoms with van der Waals surface area (Å²) in [4.78, 5) is 11.0. The minimum absolute atomic E-state index is 0.159. The summed E-state index contributed by atoms with van der Waals surface area (Å²) in [6.07, 6.45) is -0.783. The Kier molecular flexibility index (Phi) is 2.73. The molecule has 1 amide bonds. The van der Waals surface area contributed by atoms with E-state index in [4.69, 9.17) is 17.3 Å². The lowest BCUT2D eigenvalue weighted by atomic mass is 10.5. The van der Waals surface area contributed by atoms with Crippen molar-refractivity contribution in [2.45, 2.75) is 6.61 Å². The Labute approximate surface area is 72.7 Å². The average Bonchev–Trinajstić information content (AvgIpc) is 2.31. The van der Waals surface area contributed by atoms with Crippen molar-refractivity contribution in [2.24, 2.45) is 5.73 Å². The molecule has 0 atom stereocenters. The lowest BCUT2D eigenvalue weighted by molar-refractivity contribution is 0.151. The second-order valence-corrected chi connectivity index (χ2v) is 3.21. The fraction of sp³-hybridized carbons (Fsp3) is 0.167. The summed E-state index contributed by atoms with van der Waals surface area (Å²) in [5.74, 6) is 0. The molecule has 0 aliphatic carbocycles. The van der Waals surface area contributed by atoms with E-state index in [0.717, 1.165) is 4.88 Å². The minimum atomic E-state index is -0.783. The molecule has 2 N–H and O–H groups in total. The zero-order valence-corrected chi connectivity index (χ0v) is 7.11. The second-order valence-electron chi connectivity index (χ2n) is 1.80. The number of halogens is 1. The summed E-state index contributed by atoms with van der Waals surface area (Å²) >= 11 is 7.13. The van der Waals surface area contributed by atoms with Crippen LogP contribution in [-0.4, -0.2) is 6.09 Å². The Balaban J connectivity index is 2.51. The third-order valence-corrected chi connectivity index (χ3v) is 2.40. The molecule has 0 bridgehead atoms. The molecule has 1 aromatic rings. The van der Waals surface area contributed by atoms with Crippen LogP contribution < -0.4 is 5.73 Å². The first kappa shape index (κ1) is 8.36. The Morgan fingerprint density at radius 2 is 2.55 bits per heavy atom. The lowest BCUT2D eigenvalue weighted by Crippen LogP contribution is -2.12. The van der Waals surface area contributed by atoms with Gasteiger partial charge in [0.15, 0.2) is 0 Å². The largest absolute Gasteiger partial charge is 0.444 e. The van der Waals surface area contributed by atoms with Gasteiger partial charge >= 0.3 is 6.09 Å². The summed E-state index contributed by atoms with van der Waals surface area (Å²) < 4.78 is 4.53. The molecule has 1 rings (SSSR count). The van der Waals surface area contributed by atoms with Gasteiger partial charge in [0.1, 0.15) is 6.61 Å². The number of nitrogens with two attached hydrogens (primary N) is 1. The standard InChI is InChI=1S/C6H6ClNO2S/c7-4-1-2-11-5(4)3-10-6(8)9/h1-2H,3H2,(H2,8,9). The van der Waals surface area contributed by atoms with Crippen LogP contribution in [0.5, 0.6) is 0 Å². The maximum atomic E-state index is 10.2. The minimum Gasteiger partial charge on any atom is -0.444 e. The van der Waals surface area contributed by atoms with Crippen LogP contribution in [-0.2, 0) is 11.3 Å². The number of ether oxygens (including phenoxy) is 1. The van der Waals surface area contributed by atoms with Gasteiger partial charge in [0.25, 0.3) is 0 Å². The van der Waals surface area contributed by atoms with E-state index in [1.165, 1.54) is 11.3 Å². The van der Waals surface area contributed by atoms with Gasteiger partial charge in [-0.2, -0.15) is 0 Å². The smallest absolute Gasteiger partial charge is 0.404 e. The van der Waals surface area contributed by atoms with Crippen molar-refractivity contribution in [1.29, 1.82) is 0 Å². The molecule has 1 aromatic heterocycles. The molecule has 0 radical (unpaired) electrons. The van der Waals surface area contributed by atoms with Crippen LogP contribution in [0.15, 0.2) is 11.4 Å². The van der Waals surface area contributed by atoms with Crippen molar-refractivity contribution in [3.05, 3.63) is 21.3 Å². The van der Waals surface area contributed by atoms with Gasteiger partial charge in [0.05, 0.1) is 9.90 Å². The van der Waals surface area contributed by atoms with Crippen molar-refractivity contribution < 1.29 is 9.53 Å². The number of hydrogen-bond donors (Lipinski definition) is 1. The number of hydrogen-bond acceptors (Lipinski definition) is 3. The Bertz CT molecular complexity index is 261. The van der Waals surface area contributed by atoms with E-state index in [-0.39, 0.29) is 6.61 Å². The predicted octanol–water partition coefficient (Wildman–Crippen LogP) is 2.00. The van der Waals surface area contributed by atoms with Crippen molar-refractivity contribution in [3.8, 4) is 0 Å². The van der Waals surface area contributed by atoms with Gasteiger partial charge in [-0.05, 0) is 11.4 Å². The predicted molar refractivity (Wildman–Crippen MR) is 43.7 cm³/mol. The highest BCUT2D eigenvalue weighted by molar-refractivity contribution is 7.10. The zero-order chi connectivity index (χ0) is 8.27. The maximum Gasteiger partial charge on any atom is 0.404 e. The topological polar surface area (TPSA) is 52.3 Å². The van der Waals surface area contributed by atoms with E-state index >= 15 is 0 Å². The van der Waals surface area contributed by atoms with Gasteiger partial charge in [-0.3, -0.25) is 0 Å². The highest BCUT2D eigenvalue weighted by Crippen LogP contribution is 2.22. The van der Waals surface area contributed by atoms with Crippen LogP contribution in [0.3, 0.4) is 0 Å². The number of thiophene rings is 1. The number of primary amides is 1. The maximum absolute atomic E-state index is 10.2. The van der Waals surface area contributed by atoms with E-state index in [0.29, 0.717) is 5.02 Å². The number of rotatable bonds is 2. The van der Waals surface area contributed by atoms with Crippen molar-refractivity contribution >= 4 is 29.0 Å². The van der Waals surface area contributed by atoms with Crippen LogP contribution in [0.1, 0.15) is 4.88 Å². The molecule has 0 aliphatic rings. The Morgan fingerprint density at radius 1 is 1.82 bits per heavy atom. The molecule has 0 saturated carbocycles.